The van der Waals surface area contributed by atoms with Crippen LogP contribution in [0.25, 0.3) is 0 Å². The summed E-state index contributed by atoms with van der Waals surface area (Å²) in [7, 11) is 0. The maximum Gasteiger partial charge on any atom is 0.253 e. The molecule has 1 unspecified atom stereocenters. The number of aliphatic hydroxyl groups is 1. The highest BCUT2D eigenvalue weighted by Crippen LogP contribution is 2.40. The SMILES string of the molecule is CC(=O)N1CC(O)CC2(CCN(C(=O)c3ccc(CC(C)C)cc3)CC2)C1. The molecule has 1 atom stereocenters. The Balaban J connectivity index is 1.61. The quantitative estimate of drug-likeness (QED) is 0.887. The fourth-order valence-corrected chi connectivity index (χ4v) is 4.58. The Hall–Kier alpha value is -1.88. The molecule has 1 spiro atoms. The summed E-state index contributed by atoms with van der Waals surface area (Å²) in [5.41, 5.74) is 1.95. The van der Waals surface area contributed by atoms with E-state index >= 15 is 0 Å². The van der Waals surface area contributed by atoms with E-state index in [1.54, 1.807) is 11.8 Å². The maximum atomic E-state index is 12.9. The lowest BCUT2D eigenvalue weighted by Crippen LogP contribution is -2.55. The first kappa shape index (κ1) is 19.9. The smallest absolute Gasteiger partial charge is 0.253 e. The Morgan fingerprint density at radius 3 is 2.33 bits per heavy atom. The lowest BCUT2D eigenvalue weighted by atomic mass is 9.71. The van der Waals surface area contributed by atoms with Crippen molar-refractivity contribution in [3.8, 4) is 0 Å². The van der Waals surface area contributed by atoms with Gasteiger partial charge in [0, 0.05) is 38.7 Å². The molecule has 0 aromatic heterocycles. The molecule has 0 saturated carbocycles. The summed E-state index contributed by atoms with van der Waals surface area (Å²) in [5.74, 6) is 0.707. The minimum absolute atomic E-state index is 0.0214. The number of aliphatic hydroxyl groups excluding tert-OH is 1. The summed E-state index contributed by atoms with van der Waals surface area (Å²) in [5, 5.41) is 10.2. The molecule has 1 N–H and O–H groups in total. The molecular formula is C22H32N2O3. The second-order valence-corrected chi connectivity index (χ2v) is 8.84. The fourth-order valence-electron chi connectivity index (χ4n) is 4.58. The molecular weight excluding hydrogens is 340 g/mol. The van der Waals surface area contributed by atoms with Crippen molar-refractivity contribution in [1.82, 2.24) is 9.80 Å². The van der Waals surface area contributed by atoms with E-state index in [0.717, 1.165) is 31.2 Å². The Bertz CT molecular complexity index is 675. The van der Waals surface area contributed by atoms with Gasteiger partial charge in [-0.2, -0.15) is 0 Å². The lowest BCUT2D eigenvalue weighted by Gasteiger charge is -2.49. The summed E-state index contributed by atoms with van der Waals surface area (Å²) >= 11 is 0. The van der Waals surface area contributed by atoms with Gasteiger partial charge in [-0.1, -0.05) is 26.0 Å². The van der Waals surface area contributed by atoms with Crippen molar-refractivity contribution in [1.29, 1.82) is 0 Å². The van der Waals surface area contributed by atoms with Crippen molar-refractivity contribution in [2.75, 3.05) is 26.2 Å². The van der Waals surface area contributed by atoms with Gasteiger partial charge < -0.3 is 14.9 Å². The molecule has 2 aliphatic rings. The van der Waals surface area contributed by atoms with Crippen molar-refractivity contribution in [2.45, 2.75) is 52.6 Å². The Kier molecular flexibility index (Phi) is 5.89. The number of benzene rings is 1. The highest BCUT2D eigenvalue weighted by molar-refractivity contribution is 5.94. The zero-order chi connectivity index (χ0) is 19.6. The number of β-amino-alcohol motifs (C(OH)–C–C–N with tert-alkyl or cyclic N) is 1. The van der Waals surface area contributed by atoms with Gasteiger partial charge in [0.1, 0.15) is 0 Å². The molecule has 2 fully saturated rings. The fraction of sp³-hybridized carbons (Fsp3) is 0.636. The van der Waals surface area contributed by atoms with Crippen LogP contribution in [0.3, 0.4) is 0 Å². The van der Waals surface area contributed by atoms with Crippen molar-refractivity contribution >= 4 is 11.8 Å². The molecule has 2 aliphatic heterocycles. The Morgan fingerprint density at radius 2 is 1.78 bits per heavy atom. The highest BCUT2D eigenvalue weighted by atomic mass is 16.3. The second-order valence-electron chi connectivity index (χ2n) is 8.84. The van der Waals surface area contributed by atoms with E-state index in [0.29, 0.717) is 32.1 Å². The van der Waals surface area contributed by atoms with Crippen LogP contribution in [-0.4, -0.2) is 59.0 Å². The molecule has 5 heteroatoms. The number of piperidine rings is 2. The number of hydrogen-bond acceptors (Lipinski definition) is 3. The van der Waals surface area contributed by atoms with Crippen LogP contribution in [0, 0.1) is 11.3 Å². The number of hydrogen-bond donors (Lipinski definition) is 1. The number of amides is 2. The standard InChI is InChI=1S/C22H32N2O3/c1-16(2)12-18-4-6-19(7-5-18)21(27)23-10-8-22(9-11-23)13-20(26)14-24(15-22)17(3)25/h4-7,16,20,26H,8-15H2,1-3H3. The number of nitrogens with zero attached hydrogens (tertiary/aromatic N) is 2. The number of carbonyl (C=O) groups is 2. The van der Waals surface area contributed by atoms with Crippen LogP contribution in [0.4, 0.5) is 0 Å². The summed E-state index contributed by atoms with van der Waals surface area (Å²) in [6.45, 7) is 8.45. The van der Waals surface area contributed by atoms with Crippen molar-refractivity contribution in [3.63, 3.8) is 0 Å². The van der Waals surface area contributed by atoms with Crippen molar-refractivity contribution in [2.24, 2.45) is 11.3 Å². The topological polar surface area (TPSA) is 60.9 Å². The van der Waals surface area contributed by atoms with Gasteiger partial charge in [-0.25, -0.2) is 0 Å². The normalized spacial score (nSPS) is 22.3. The monoisotopic (exact) mass is 372 g/mol. The summed E-state index contributed by atoms with van der Waals surface area (Å²) < 4.78 is 0. The first-order valence-corrected chi connectivity index (χ1v) is 10.1. The van der Waals surface area contributed by atoms with Gasteiger partial charge in [-0.15, -0.1) is 0 Å². The zero-order valence-corrected chi connectivity index (χ0v) is 16.8. The number of likely N-dealkylation sites (tertiary alicyclic amines) is 2. The minimum atomic E-state index is -0.460. The molecule has 2 amide bonds. The molecule has 5 nitrogen and oxygen atoms in total. The molecule has 0 bridgehead atoms. The highest BCUT2D eigenvalue weighted by Gasteiger charge is 2.42. The molecule has 27 heavy (non-hydrogen) atoms. The molecule has 1 aromatic carbocycles. The zero-order valence-electron chi connectivity index (χ0n) is 16.8. The number of rotatable bonds is 3. The van der Waals surface area contributed by atoms with Gasteiger partial charge in [-0.3, -0.25) is 9.59 Å². The van der Waals surface area contributed by atoms with Crippen LogP contribution in [0.1, 0.15) is 56.0 Å². The van der Waals surface area contributed by atoms with Crippen LogP contribution in [0.15, 0.2) is 24.3 Å². The molecule has 2 saturated heterocycles. The van der Waals surface area contributed by atoms with E-state index in [9.17, 15) is 14.7 Å². The summed E-state index contributed by atoms with van der Waals surface area (Å²) in [6, 6.07) is 7.99. The third kappa shape index (κ3) is 4.70. The summed E-state index contributed by atoms with van der Waals surface area (Å²) in [6.07, 6.45) is 2.97. The minimum Gasteiger partial charge on any atom is -0.391 e. The van der Waals surface area contributed by atoms with E-state index in [4.69, 9.17) is 0 Å². The average molecular weight is 373 g/mol. The second kappa shape index (κ2) is 8.01. The number of carbonyl (C=O) groups excluding carboxylic acids is 2. The van der Waals surface area contributed by atoms with Crippen molar-refractivity contribution in [3.05, 3.63) is 35.4 Å². The van der Waals surface area contributed by atoms with Gasteiger partial charge >= 0.3 is 0 Å². The van der Waals surface area contributed by atoms with Crippen molar-refractivity contribution < 1.29 is 14.7 Å². The van der Waals surface area contributed by atoms with E-state index in [-0.39, 0.29) is 17.2 Å². The van der Waals surface area contributed by atoms with Crippen LogP contribution in [-0.2, 0) is 11.2 Å². The molecule has 1 aromatic rings. The Morgan fingerprint density at radius 1 is 1.15 bits per heavy atom. The van der Waals surface area contributed by atoms with Gasteiger partial charge in [0.25, 0.3) is 5.91 Å². The molecule has 2 heterocycles. The van der Waals surface area contributed by atoms with Gasteiger partial charge in [0.05, 0.1) is 6.10 Å². The predicted molar refractivity (Wildman–Crippen MR) is 105 cm³/mol. The van der Waals surface area contributed by atoms with Crippen LogP contribution >= 0.6 is 0 Å². The average Bonchev–Trinajstić information content (AvgIpc) is 2.61. The van der Waals surface area contributed by atoms with Crippen LogP contribution in [0.2, 0.25) is 0 Å². The van der Waals surface area contributed by atoms with Gasteiger partial charge in [-0.05, 0) is 54.7 Å². The van der Waals surface area contributed by atoms with Gasteiger partial charge in [0.15, 0.2) is 0 Å². The molecule has 0 aliphatic carbocycles. The maximum absolute atomic E-state index is 12.9. The van der Waals surface area contributed by atoms with Crippen LogP contribution < -0.4 is 0 Å². The first-order valence-electron chi connectivity index (χ1n) is 10.1. The van der Waals surface area contributed by atoms with E-state index in [1.165, 1.54) is 5.56 Å². The molecule has 3 rings (SSSR count). The third-order valence-electron chi connectivity index (χ3n) is 6.03. The van der Waals surface area contributed by atoms with E-state index < -0.39 is 6.10 Å². The molecule has 148 valence electrons. The Labute approximate surface area is 162 Å². The summed E-state index contributed by atoms with van der Waals surface area (Å²) in [4.78, 5) is 28.3. The van der Waals surface area contributed by atoms with E-state index in [2.05, 4.69) is 26.0 Å². The third-order valence-corrected chi connectivity index (χ3v) is 6.03. The lowest BCUT2D eigenvalue weighted by molar-refractivity contribution is -0.137. The predicted octanol–water partition coefficient (Wildman–Crippen LogP) is 2.72. The van der Waals surface area contributed by atoms with E-state index in [1.807, 2.05) is 17.0 Å². The van der Waals surface area contributed by atoms with Crippen LogP contribution in [0.5, 0.6) is 0 Å². The first-order chi connectivity index (χ1) is 12.8. The molecule has 0 radical (unpaired) electrons. The van der Waals surface area contributed by atoms with Gasteiger partial charge in [0.2, 0.25) is 5.91 Å². The largest absolute Gasteiger partial charge is 0.391 e.